The van der Waals surface area contributed by atoms with Crippen LogP contribution in [0.15, 0.2) is 115 Å². The maximum absolute atomic E-state index is 13.3. The van der Waals surface area contributed by atoms with Gasteiger partial charge in [0.2, 0.25) is 25.3 Å². The highest BCUT2D eigenvalue weighted by Crippen LogP contribution is 2.20. The average Bonchev–Trinajstić information content (AvgIpc) is 3.21. The Morgan fingerprint density at radius 3 is 0.981 bits per heavy atom. The molecule has 0 unspecified atom stereocenters. The van der Waals surface area contributed by atoms with Crippen molar-refractivity contribution >= 4 is 12.2 Å². The molecule has 0 atom stereocenters. The summed E-state index contributed by atoms with van der Waals surface area (Å²) < 4.78 is 43.3. The highest BCUT2D eigenvalue weighted by Gasteiger charge is 2.19. The lowest BCUT2D eigenvalue weighted by Crippen LogP contribution is -2.32. The van der Waals surface area contributed by atoms with E-state index in [1.165, 1.54) is 0 Å². The fraction of sp³-hybridized carbons (Fsp3) is 0.244. The third kappa shape index (κ3) is 11.7. The second kappa shape index (κ2) is 19.8. The lowest BCUT2D eigenvalue weighted by Gasteiger charge is -2.23. The summed E-state index contributed by atoms with van der Waals surface area (Å²) in [5.41, 5.74) is 3.55. The van der Waals surface area contributed by atoms with E-state index in [-0.39, 0.29) is 37.9 Å². The molecule has 0 spiro atoms. The van der Waals surface area contributed by atoms with Crippen molar-refractivity contribution in [1.82, 2.24) is 14.8 Å². The van der Waals surface area contributed by atoms with Crippen LogP contribution in [0, 0.1) is 0 Å². The first-order chi connectivity index (χ1) is 26.3. The first kappa shape index (κ1) is 38.6. The van der Waals surface area contributed by atoms with Crippen LogP contribution < -0.4 is 28.4 Å². The molecule has 0 aliphatic heterocycles. The van der Waals surface area contributed by atoms with Gasteiger partial charge in [-0.3, -0.25) is 9.80 Å². The Morgan fingerprint density at radius 2 is 0.722 bits per heavy atom. The first-order valence-electron chi connectivity index (χ1n) is 16.9. The van der Waals surface area contributed by atoms with Crippen LogP contribution in [0.4, 0.5) is 9.59 Å². The van der Waals surface area contributed by atoms with E-state index in [0.717, 1.165) is 22.3 Å². The Kier molecular flexibility index (Phi) is 14.2. The van der Waals surface area contributed by atoms with Crippen molar-refractivity contribution in [3.8, 4) is 34.8 Å². The lowest BCUT2D eigenvalue weighted by atomic mass is 10.1. The minimum Gasteiger partial charge on any atom is -0.497 e. The largest absolute Gasteiger partial charge is 0.497 e. The number of methoxy groups -OCH3 is 4. The fourth-order valence-electron chi connectivity index (χ4n) is 5.20. The number of benzene rings is 4. The van der Waals surface area contributed by atoms with Gasteiger partial charge in [-0.05, 0) is 70.8 Å². The van der Waals surface area contributed by atoms with Gasteiger partial charge < -0.3 is 37.9 Å². The van der Waals surface area contributed by atoms with Crippen LogP contribution in [-0.2, 0) is 35.7 Å². The second-order valence-electron chi connectivity index (χ2n) is 11.8. The molecule has 5 aromatic rings. The maximum atomic E-state index is 13.3. The Labute approximate surface area is 314 Å². The molecule has 2 amide bonds. The van der Waals surface area contributed by atoms with E-state index in [1.54, 1.807) is 56.4 Å². The summed E-state index contributed by atoms with van der Waals surface area (Å²) in [6.07, 6.45) is -1.18. The molecule has 54 heavy (non-hydrogen) atoms. The molecule has 13 nitrogen and oxygen atoms in total. The Morgan fingerprint density at radius 1 is 0.444 bits per heavy atom. The van der Waals surface area contributed by atoms with E-state index in [0.29, 0.717) is 23.0 Å². The van der Waals surface area contributed by atoms with Crippen molar-refractivity contribution in [3.63, 3.8) is 0 Å². The summed E-state index contributed by atoms with van der Waals surface area (Å²) in [6, 6.07) is 34.6. The van der Waals surface area contributed by atoms with Crippen LogP contribution >= 0.6 is 0 Å². The molecule has 0 N–H and O–H groups in total. The standard InChI is InChI=1S/C41H43N3O10/c1-47-34-16-8-30(9-17-34)24-43(25-31-10-18-35(48-2)19-11-31)40(45)53-28-51-38-6-5-7-39(42-38)52-29-54-41(46)44(26-32-12-20-36(49-3)21-13-32)27-33-14-22-37(50-4)23-15-33/h5-23H,24-29H2,1-4H3. The summed E-state index contributed by atoms with van der Waals surface area (Å²) in [5.74, 6) is 3.14. The highest BCUT2D eigenvalue weighted by molar-refractivity contribution is 5.68. The zero-order valence-electron chi connectivity index (χ0n) is 30.6. The van der Waals surface area contributed by atoms with Crippen molar-refractivity contribution < 1.29 is 47.5 Å². The summed E-state index contributed by atoms with van der Waals surface area (Å²) in [7, 11) is 6.39. The number of hydrogen-bond donors (Lipinski definition) is 0. The number of carbonyl (C=O) groups excluding carboxylic acids is 2. The van der Waals surface area contributed by atoms with Gasteiger partial charge in [-0.2, -0.15) is 4.98 Å². The molecule has 0 bridgehead atoms. The smallest absolute Gasteiger partial charge is 0.413 e. The molecular weight excluding hydrogens is 694 g/mol. The van der Waals surface area contributed by atoms with Gasteiger partial charge in [-0.25, -0.2) is 9.59 Å². The van der Waals surface area contributed by atoms with Crippen LogP contribution in [0.2, 0.25) is 0 Å². The van der Waals surface area contributed by atoms with Crippen molar-refractivity contribution in [2.45, 2.75) is 26.2 Å². The van der Waals surface area contributed by atoms with E-state index in [9.17, 15) is 9.59 Å². The number of amides is 2. The molecule has 13 heteroatoms. The van der Waals surface area contributed by atoms with Crippen molar-refractivity contribution in [1.29, 1.82) is 0 Å². The molecular formula is C41H43N3O10. The van der Waals surface area contributed by atoms with Gasteiger partial charge in [-0.1, -0.05) is 54.6 Å². The zero-order valence-corrected chi connectivity index (χ0v) is 30.6. The monoisotopic (exact) mass is 737 g/mol. The molecule has 0 saturated carbocycles. The average molecular weight is 738 g/mol. The quantitative estimate of drug-likeness (QED) is 0.0832. The summed E-state index contributed by atoms with van der Waals surface area (Å²) in [6.45, 7) is 0.328. The lowest BCUT2D eigenvalue weighted by molar-refractivity contribution is 0.0250. The van der Waals surface area contributed by atoms with Gasteiger partial charge >= 0.3 is 12.2 Å². The van der Waals surface area contributed by atoms with Gasteiger partial charge in [0.1, 0.15) is 23.0 Å². The van der Waals surface area contributed by atoms with E-state index >= 15 is 0 Å². The Hall–Kier alpha value is -6.63. The predicted octanol–water partition coefficient (Wildman–Crippen LogP) is 7.47. The number of nitrogens with zero attached hydrogens (tertiary/aromatic N) is 3. The molecule has 0 saturated heterocycles. The van der Waals surface area contributed by atoms with Gasteiger partial charge in [-0.15, -0.1) is 0 Å². The fourth-order valence-corrected chi connectivity index (χ4v) is 5.20. The number of rotatable bonds is 18. The summed E-state index contributed by atoms with van der Waals surface area (Å²) >= 11 is 0. The number of aromatic nitrogens is 1. The van der Waals surface area contributed by atoms with Gasteiger partial charge in [0.15, 0.2) is 0 Å². The number of carbonyl (C=O) groups is 2. The Bertz CT molecular complexity index is 1670. The second-order valence-corrected chi connectivity index (χ2v) is 11.8. The van der Waals surface area contributed by atoms with E-state index in [4.69, 9.17) is 37.9 Å². The third-order valence-electron chi connectivity index (χ3n) is 8.12. The number of hydrogen-bond acceptors (Lipinski definition) is 11. The molecule has 0 aliphatic carbocycles. The molecule has 0 aliphatic rings. The molecule has 1 aromatic heterocycles. The van der Waals surface area contributed by atoms with Crippen LogP contribution in [-0.4, -0.2) is 69.0 Å². The number of pyridine rings is 1. The normalized spacial score (nSPS) is 10.4. The van der Waals surface area contributed by atoms with E-state index in [1.807, 2.05) is 97.1 Å². The molecule has 5 rings (SSSR count). The van der Waals surface area contributed by atoms with Gasteiger partial charge in [0, 0.05) is 38.3 Å². The van der Waals surface area contributed by atoms with Crippen molar-refractivity contribution in [3.05, 3.63) is 138 Å². The minimum atomic E-state index is -0.588. The topological polar surface area (TPSA) is 127 Å². The minimum absolute atomic E-state index is 0.143. The SMILES string of the molecule is COc1ccc(CN(Cc2ccc(OC)cc2)C(=O)OCOc2cccc(OCOC(=O)N(Cc3ccc(OC)cc3)Cc3ccc(OC)cc3)n2)cc1. The molecule has 1 heterocycles. The number of ether oxygens (including phenoxy) is 8. The van der Waals surface area contributed by atoms with Gasteiger partial charge in [0.25, 0.3) is 0 Å². The summed E-state index contributed by atoms with van der Waals surface area (Å²) in [4.78, 5) is 33.9. The van der Waals surface area contributed by atoms with Crippen LogP contribution in [0.3, 0.4) is 0 Å². The van der Waals surface area contributed by atoms with Crippen molar-refractivity contribution in [2.75, 3.05) is 42.0 Å². The van der Waals surface area contributed by atoms with Crippen LogP contribution in [0.1, 0.15) is 22.3 Å². The molecule has 0 radical (unpaired) electrons. The van der Waals surface area contributed by atoms with E-state index in [2.05, 4.69) is 4.98 Å². The molecule has 282 valence electrons. The van der Waals surface area contributed by atoms with Crippen LogP contribution in [0.5, 0.6) is 34.8 Å². The van der Waals surface area contributed by atoms with Crippen molar-refractivity contribution in [2.24, 2.45) is 0 Å². The third-order valence-corrected chi connectivity index (χ3v) is 8.12. The Balaban J connectivity index is 1.15. The maximum Gasteiger partial charge on any atom is 0.413 e. The zero-order chi connectivity index (χ0) is 38.1. The first-order valence-corrected chi connectivity index (χ1v) is 16.9. The van der Waals surface area contributed by atoms with E-state index < -0.39 is 25.8 Å². The highest BCUT2D eigenvalue weighted by atomic mass is 16.7. The predicted molar refractivity (Wildman–Crippen MR) is 199 cm³/mol. The summed E-state index contributed by atoms with van der Waals surface area (Å²) in [5, 5.41) is 0. The van der Waals surface area contributed by atoms with Gasteiger partial charge in [0.05, 0.1) is 28.4 Å². The molecule has 0 fully saturated rings. The van der Waals surface area contributed by atoms with Crippen LogP contribution in [0.25, 0.3) is 0 Å². The molecule has 4 aromatic carbocycles.